The molecule has 0 aliphatic heterocycles. The first kappa shape index (κ1) is 17.1. The van der Waals surface area contributed by atoms with Gasteiger partial charge in [0.1, 0.15) is 5.01 Å². The molecule has 0 saturated heterocycles. The first-order chi connectivity index (χ1) is 9.36. The summed E-state index contributed by atoms with van der Waals surface area (Å²) in [6, 6.07) is 0. The first-order valence-electron chi connectivity index (χ1n) is 7.19. The van der Waals surface area contributed by atoms with Crippen molar-refractivity contribution in [3.05, 3.63) is 16.1 Å². The summed E-state index contributed by atoms with van der Waals surface area (Å²) < 4.78 is 5.02. The topological polar surface area (TPSA) is 42.4 Å². The highest BCUT2D eigenvalue weighted by Gasteiger charge is 2.19. The van der Waals surface area contributed by atoms with E-state index in [1.807, 2.05) is 6.92 Å². The van der Waals surface area contributed by atoms with Gasteiger partial charge in [-0.2, -0.15) is 0 Å². The van der Waals surface area contributed by atoms with Crippen LogP contribution < -0.4 is 0 Å². The molecule has 0 spiro atoms. The largest absolute Gasteiger partial charge is 0.465 e. The molecule has 4 nitrogen and oxygen atoms in total. The third-order valence-corrected chi connectivity index (χ3v) is 3.71. The molecule has 1 aromatic rings. The van der Waals surface area contributed by atoms with Crippen LogP contribution in [0.5, 0.6) is 0 Å². The van der Waals surface area contributed by atoms with E-state index >= 15 is 0 Å². The molecule has 114 valence electrons. The average molecular weight is 298 g/mol. The van der Waals surface area contributed by atoms with Crippen LogP contribution in [0.3, 0.4) is 0 Å². The van der Waals surface area contributed by atoms with Gasteiger partial charge in [0.15, 0.2) is 0 Å². The number of aromatic nitrogens is 1. The van der Waals surface area contributed by atoms with Gasteiger partial charge in [-0.1, -0.05) is 27.7 Å². The zero-order chi connectivity index (χ0) is 15.2. The first-order valence-corrected chi connectivity index (χ1v) is 8.07. The molecule has 0 aromatic carbocycles. The number of ether oxygens (including phenoxy) is 1. The zero-order valence-corrected chi connectivity index (χ0v) is 14.0. The van der Waals surface area contributed by atoms with E-state index in [1.165, 1.54) is 0 Å². The minimum atomic E-state index is -0.159. The maximum atomic E-state index is 11.6. The molecule has 0 unspecified atom stereocenters. The molecule has 1 aromatic heterocycles. The second-order valence-corrected chi connectivity index (χ2v) is 6.83. The van der Waals surface area contributed by atoms with E-state index in [-0.39, 0.29) is 11.4 Å². The molecule has 0 aliphatic rings. The van der Waals surface area contributed by atoms with Gasteiger partial charge in [0.2, 0.25) is 0 Å². The molecule has 0 N–H and O–H groups in total. The number of hydrogen-bond donors (Lipinski definition) is 0. The number of nitrogens with zero attached hydrogens (tertiary/aromatic N) is 2. The van der Waals surface area contributed by atoms with Crippen LogP contribution in [0.15, 0.2) is 5.38 Å². The predicted molar refractivity (Wildman–Crippen MR) is 83.0 cm³/mol. The van der Waals surface area contributed by atoms with Gasteiger partial charge < -0.3 is 4.74 Å². The number of esters is 1. The fourth-order valence-electron chi connectivity index (χ4n) is 1.84. The molecular weight excluding hydrogens is 272 g/mol. The zero-order valence-electron chi connectivity index (χ0n) is 13.2. The Kier molecular flexibility index (Phi) is 6.62. The molecule has 0 aliphatic carbocycles. The summed E-state index contributed by atoms with van der Waals surface area (Å²) in [5, 5.41) is 3.18. The summed E-state index contributed by atoms with van der Waals surface area (Å²) >= 11 is 1.67. The minimum Gasteiger partial charge on any atom is -0.465 e. The lowest BCUT2D eigenvalue weighted by atomic mass is 9.93. The van der Waals surface area contributed by atoms with E-state index in [1.54, 1.807) is 11.3 Å². The van der Waals surface area contributed by atoms with Gasteiger partial charge in [0.25, 0.3) is 0 Å². The minimum absolute atomic E-state index is 0.0749. The van der Waals surface area contributed by atoms with Crippen LogP contribution in [-0.4, -0.2) is 35.5 Å². The predicted octanol–water partition coefficient (Wildman–Crippen LogP) is 3.22. The Morgan fingerprint density at radius 3 is 2.60 bits per heavy atom. The number of hydrogen-bond acceptors (Lipinski definition) is 5. The van der Waals surface area contributed by atoms with Crippen molar-refractivity contribution in [2.45, 2.75) is 53.0 Å². The van der Waals surface area contributed by atoms with Crippen molar-refractivity contribution < 1.29 is 9.53 Å². The monoisotopic (exact) mass is 298 g/mol. The van der Waals surface area contributed by atoms with Crippen LogP contribution in [0.4, 0.5) is 0 Å². The molecule has 0 fully saturated rings. The third-order valence-electron chi connectivity index (χ3n) is 2.88. The molecule has 0 bridgehead atoms. The quantitative estimate of drug-likeness (QED) is 0.725. The van der Waals surface area contributed by atoms with E-state index in [2.05, 4.69) is 43.0 Å². The Bertz CT molecular complexity index is 424. The number of thiazole rings is 1. The van der Waals surface area contributed by atoms with E-state index in [4.69, 9.17) is 4.74 Å². The number of carbonyl (C=O) groups is 1. The molecule has 1 heterocycles. The van der Waals surface area contributed by atoms with E-state index in [0.29, 0.717) is 19.7 Å². The van der Waals surface area contributed by atoms with E-state index in [9.17, 15) is 4.79 Å². The van der Waals surface area contributed by atoms with E-state index in [0.717, 1.165) is 23.7 Å². The summed E-state index contributed by atoms with van der Waals surface area (Å²) in [5.74, 6) is -0.159. The van der Waals surface area contributed by atoms with E-state index < -0.39 is 0 Å². The lowest BCUT2D eigenvalue weighted by Gasteiger charge is -2.19. The van der Waals surface area contributed by atoms with Gasteiger partial charge in [-0.3, -0.25) is 9.69 Å². The Morgan fingerprint density at radius 1 is 1.40 bits per heavy atom. The fraction of sp³-hybridized carbons (Fsp3) is 0.733. The van der Waals surface area contributed by atoms with Crippen LogP contribution in [0.2, 0.25) is 0 Å². The van der Waals surface area contributed by atoms with Crippen molar-refractivity contribution in [1.82, 2.24) is 9.88 Å². The highest BCUT2D eigenvalue weighted by molar-refractivity contribution is 7.09. The fourth-order valence-corrected chi connectivity index (χ4v) is 2.90. The van der Waals surface area contributed by atoms with Crippen LogP contribution in [0.25, 0.3) is 0 Å². The maximum absolute atomic E-state index is 11.6. The normalized spacial score (nSPS) is 11.9. The second kappa shape index (κ2) is 7.74. The van der Waals surface area contributed by atoms with Crippen molar-refractivity contribution in [1.29, 1.82) is 0 Å². The summed E-state index contributed by atoms with van der Waals surface area (Å²) in [6.45, 7) is 12.8. The molecule has 5 heteroatoms. The van der Waals surface area contributed by atoms with Gasteiger partial charge in [0.05, 0.1) is 25.4 Å². The standard InChI is InChI=1S/C15H26N2O2S/c1-6-8-17(10-14(18)19-7-2)9-13-16-12(11-20-13)15(3,4)5/h11H,6-10H2,1-5H3. The molecule has 0 radical (unpaired) electrons. The van der Waals surface area contributed by atoms with Gasteiger partial charge in [-0.25, -0.2) is 4.98 Å². The Hall–Kier alpha value is -0.940. The van der Waals surface area contributed by atoms with Crippen LogP contribution >= 0.6 is 11.3 Å². The lowest BCUT2D eigenvalue weighted by Crippen LogP contribution is -2.31. The molecular formula is C15H26N2O2S. The number of carbonyl (C=O) groups excluding carboxylic acids is 1. The SMILES string of the molecule is CCCN(CC(=O)OCC)Cc1nc(C(C)(C)C)cs1. The average Bonchev–Trinajstić information content (AvgIpc) is 2.77. The molecule has 0 saturated carbocycles. The van der Waals surface area contributed by atoms with Gasteiger partial charge >= 0.3 is 5.97 Å². The lowest BCUT2D eigenvalue weighted by molar-refractivity contribution is -0.144. The summed E-state index contributed by atoms with van der Waals surface area (Å²) in [7, 11) is 0. The van der Waals surface area contributed by atoms with Crippen LogP contribution in [-0.2, 0) is 21.5 Å². The number of rotatable bonds is 7. The summed E-state index contributed by atoms with van der Waals surface area (Å²) in [5.41, 5.74) is 1.19. The highest BCUT2D eigenvalue weighted by Crippen LogP contribution is 2.24. The Labute approximate surface area is 126 Å². The Morgan fingerprint density at radius 2 is 2.10 bits per heavy atom. The van der Waals surface area contributed by atoms with Gasteiger partial charge in [-0.15, -0.1) is 11.3 Å². The van der Waals surface area contributed by atoms with Crippen molar-refractivity contribution in [3.8, 4) is 0 Å². The second-order valence-electron chi connectivity index (χ2n) is 5.89. The summed E-state index contributed by atoms with van der Waals surface area (Å²) in [4.78, 5) is 18.4. The molecule has 20 heavy (non-hydrogen) atoms. The van der Waals surface area contributed by atoms with Crippen LogP contribution in [0, 0.1) is 0 Å². The van der Waals surface area contributed by atoms with Crippen molar-refractivity contribution >= 4 is 17.3 Å². The molecule has 0 atom stereocenters. The Balaban J connectivity index is 2.65. The third kappa shape index (κ3) is 5.59. The van der Waals surface area contributed by atoms with Gasteiger partial charge in [-0.05, 0) is 19.9 Å². The van der Waals surface area contributed by atoms with Crippen molar-refractivity contribution in [3.63, 3.8) is 0 Å². The molecule has 1 rings (SSSR count). The van der Waals surface area contributed by atoms with Gasteiger partial charge in [0, 0.05) is 10.8 Å². The maximum Gasteiger partial charge on any atom is 0.320 e. The highest BCUT2D eigenvalue weighted by atomic mass is 32.1. The van der Waals surface area contributed by atoms with Crippen LogP contribution in [0.1, 0.15) is 51.7 Å². The van der Waals surface area contributed by atoms with Crippen molar-refractivity contribution in [2.24, 2.45) is 0 Å². The smallest absolute Gasteiger partial charge is 0.320 e. The molecule has 0 amide bonds. The summed E-state index contributed by atoms with van der Waals surface area (Å²) in [6.07, 6.45) is 1.01. The van der Waals surface area contributed by atoms with Crippen molar-refractivity contribution in [2.75, 3.05) is 19.7 Å².